The number of halogens is 1. The summed E-state index contributed by atoms with van der Waals surface area (Å²) < 4.78 is 15.3. The van der Waals surface area contributed by atoms with Gasteiger partial charge in [0.05, 0.1) is 26.3 Å². The lowest BCUT2D eigenvalue weighted by atomic mass is 10.1. The Kier molecular flexibility index (Phi) is 6.65. The van der Waals surface area contributed by atoms with Gasteiger partial charge in [0.2, 0.25) is 0 Å². The third kappa shape index (κ3) is 5.39. The number of amides is 1. The van der Waals surface area contributed by atoms with Gasteiger partial charge in [-0.25, -0.2) is 0 Å². The number of benzene rings is 2. The second kappa shape index (κ2) is 8.94. The maximum absolute atomic E-state index is 11.9. The van der Waals surface area contributed by atoms with Gasteiger partial charge in [0.1, 0.15) is 11.5 Å². The molecular weight excluding hydrogens is 346 g/mol. The molecule has 1 amide bonds. The maximum atomic E-state index is 11.9. The molecule has 0 aliphatic heterocycles. The van der Waals surface area contributed by atoms with E-state index >= 15 is 0 Å². The molecule has 2 aromatic rings. The van der Waals surface area contributed by atoms with Crippen LogP contribution in [0, 0.1) is 0 Å². The summed E-state index contributed by atoms with van der Waals surface area (Å²) in [5.41, 5.74) is 1.09. The van der Waals surface area contributed by atoms with Crippen molar-refractivity contribution in [3.8, 4) is 11.5 Å². The molecule has 0 fully saturated rings. The smallest absolute Gasteiger partial charge is 0.310 e. The van der Waals surface area contributed by atoms with Crippen molar-refractivity contribution >= 4 is 29.2 Å². The van der Waals surface area contributed by atoms with E-state index in [-0.39, 0.29) is 6.42 Å². The Hall–Kier alpha value is -2.73. The molecule has 2 aromatic carbocycles. The molecule has 0 unspecified atom stereocenters. The Bertz CT molecular complexity index is 763. The highest BCUT2D eigenvalue weighted by atomic mass is 35.5. The van der Waals surface area contributed by atoms with E-state index in [9.17, 15) is 9.59 Å². The molecule has 1 N–H and O–H groups in total. The van der Waals surface area contributed by atoms with Crippen LogP contribution in [0.1, 0.15) is 5.56 Å². The van der Waals surface area contributed by atoms with E-state index in [1.54, 1.807) is 42.5 Å². The number of ether oxygens (including phenoxy) is 3. The first-order valence-corrected chi connectivity index (χ1v) is 7.82. The molecule has 0 aliphatic rings. The molecule has 2 rings (SSSR count). The summed E-state index contributed by atoms with van der Waals surface area (Å²) >= 11 is 5.92. The minimum Gasteiger partial charge on any atom is -0.496 e. The Morgan fingerprint density at radius 1 is 1.04 bits per heavy atom. The molecule has 0 radical (unpaired) electrons. The number of nitrogens with one attached hydrogen (secondary N) is 1. The fraction of sp³-hybridized carbons (Fsp3) is 0.222. The molecule has 0 bridgehead atoms. The molecule has 0 spiro atoms. The summed E-state index contributed by atoms with van der Waals surface area (Å²) in [5, 5.41) is 3.11. The van der Waals surface area contributed by atoms with Crippen molar-refractivity contribution in [1.29, 1.82) is 0 Å². The lowest BCUT2D eigenvalue weighted by Crippen LogP contribution is -2.22. The second-order valence-electron chi connectivity index (χ2n) is 5.04. The summed E-state index contributed by atoms with van der Waals surface area (Å²) in [4.78, 5) is 23.9. The first kappa shape index (κ1) is 18.6. The molecule has 0 atom stereocenters. The Balaban J connectivity index is 1.89. The van der Waals surface area contributed by atoms with Gasteiger partial charge in [-0.05, 0) is 30.3 Å². The normalized spacial score (nSPS) is 10.0. The number of anilines is 1. The lowest BCUT2D eigenvalue weighted by Gasteiger charge is -2.11. The van der Waals surface area contributed by atoms with E-state index in [1.165, 1.54) is 14.2 Å². The monoisotopic (exact) mass is 363 g/mol. The number of carbonyl (C=O) groups is 2. The van der Waals surface area contributed by atoms with Crippen LogP contribution in [0.4, 0.5) is 5.69 Å². The zero-order valence-corrected chi connectivity index (χ0v) is 14.6. The van der Waals surface area contributed by atoms with E-state index in [1.807, 2.05) is 0 Å². The fourth-order valence-corrected chi connectivity index (χ4v) is 2.37. The highest BCUT2D eigenvalue weighted by Crippen LogP contribution is 2.24. The molecule has 6 nitrogen and oxygen atoms in total. The minimum absolute atomic E-state index is 0.0499. The predicted molar refractivity (Wildman–Crippen MR) is 94.3 cm³/mol. The van der Waals surface area contributed by atoms with Gasteiger partial charge in [-0.3, -0.25) is 9.59 Å². The maximum Gasteiger partial charge on any atom is 0.310 e. The molecule has 7 heteroatoms. The van der Waals surface area contributed by atoms with Crippen LogP contribution in [-0.4, -0.2) is 32.7 Å². The number of methoxy groups -OCH3 is 2. The van der Waals surface area contributed by atoms with Crippen LogP contribution in [0.15, 0.2) is 42.5 Å². The summed E-state index contributed by atoms with van der Waals surface area (Å²) in [6.07, 6.45) is -0.0499. The summed E-state index contributed by atoms with van der Waals surface area (Å²) in [5.74, 6) is 0.0253. The van der Waals surface area contributed by atoms with Crippen molar-refractivity contribution < 1.29 is 23.8 Å². The summed E-state index contributed by atoms with van der Waals surface area (Å²) in [6, 6.07) is 11.9. The van der Waals surface area contributed by atoms with Crippen molar-refractivity contribution in [2.45, 2.75) is 6.42 Å². The van der Waals surface area contributed by atoms with Crippen molar-refractivity contribution in [3.05, 3.63) is 53.1 Å². The SMILES string of the molecule is COc1ccc(Cl)cc1CC(=O)OCC(=O)Nc1ccccc1OC. The van der Waals surface area contributed by atoms with Crippen LogP contribution in [0.5, 0.6) is 11.5 Å². The van der Waals surface area contributed by atoms with E-state index in [0.717, 1.165) is 0 Å². The molecular formula is C18H18ClNO5. The average molecular weight is 364 g/mol. The summed E-state index contributed by atoms with van der Waals surface area (Å²) in [7, 11) is 3.00. The number of rotatable bonds is 7. The number of hydrogen-bond acceptors (Lipinski definition) is 5. The first-order valence-electron chi connectivity index (χ1n) is 7.44. The standard InChI is InChI=1S/C18H18ClNO5/c1-23-15-8-7-13(19)9-12(15)10-18(22)25-11-17(21)20-14-5-3-4-6-16(14)24-2/h3-9H,10-11H2,1-2H3,(H,20,21). The average Bonchev–Trinajstić information content (AvgIpc) is 2.60. The molecule has 0 aliphatic carbocycles. The van der Waals surface area contributed by atoms with Gasteiger partial charge in [-0.2, -0.15) is 0 Å². The van der Waals surface area contributed by atoms with Crippen LogP contribution in [0.25, 0.3) is 0 Å². The third-order valence-corrected chi connectivity index (χ3v) is 3.56. The van der Waals surface area contributed by atoms with Gasteiger partial charge in [-0.1, -0.05) is 23.7 Å². The van der Waals surface area contributed by atoms with Gasteiger partial charge in [0, 0.05) is 10.6 Å². The third-order valence-electron chi connectivity index (χ3n) is 3.32. The van der Waals surface area contributed by atoms with Gasteiger partial charge in [-0.15, -0.1) is 0 Å². The number of hydrogen-bond donors (Lipinski definition) is 1. The van der Waals surface area contributed by atoms with E-state index < -0.39 is 18.5 Å². The molecule has 25 heavy (non-hydrogen) atoms. The largest absolute Gasteiger partial charge is 0.496 e. The first-order chi connectivity index (χ1) is 12.0. The zero-order chi connectivity index (χ0) is 18.2. The molecule has 0 saturated carbocycles. The number of esters is 1. The quantitative estimate of drug-likeness (QED) is 0.765. The van der Waals surface area contributed by atoms with Crippen LogP contribution in [0.2, 0.25) is 5.02 Å². The van der Waals surface area contributed by atoms with Crippen LogP contribution >= 0.6 is 11.6 Å². The number of carbonyl (C=O) groups excluding carboxylic acids is 2. The van der Waals surface area contributed by atoms with E-state index in [0.29, 0.717) is 27.8 Å². The van der Waals surface area contributed by atoms with Crippen LogP contribution < -0.4 is 14.8 Å². The van der Waals surface area contributed by atoms with Crippen molar-refractivity contribution in [3.63, 3.8) is 0 Å². The lowest BCUT2D eigenvalue weighted by molar-refractivity contribution is -0.146. The van der Waals surface area contributed by atoms with E-state index in [2.05, 4.69) is 5.32 Å². The van der Waals surface area contributed by atoms with Crippen molar-refractivity contribution in [2.24, 2.45) is 0 Å². The Morgan fingerprint density at radius 3 is 2.48 bits per heavy atom. The number of para-hydroxylation sites is 2. The van der Waals surface area contributed by atoms with Crippen LogP contribution in [0.3, 0.4) is 0 Å². The fourth-order valence-electron chi connectivity index (χ4n) is 2.17. The predicted octanol–water partition coefficient (Wildman–Crippen LogP) is 3.08. The van der Waals surface area contributed by atoms with Gasteiger partial charge < -0.3 is 19.5 Å². The molecule has 0 aromatic heterocycles. The second-order valence-corrected chi connectivity index (χ2v) is 5.48. The molecule has 0 saturated heterocycles. The van der Waals surface area contributed by atoms with Crippen molar-refractivity contribution in [1.82, 2.24) is 0 Å². The van der Waals surface area contributed by atoms with Gasteiger partial charge in [0.25, 0.3) is 5.91 Å². The van der Waals surface area contributed by atoms with E-state index in [4.69, 9.17) is 25.8 Å². The zero-order valence-electron chi connectivity index (χ0n) is 13.9. The minimum atomic E-state index is -0.559. The van der Waals surface area contributed by atoms with Crippen LogP contribution in [-0.2, 0) is 20.7 Å². The van der Waals surface area contributed by atoms with Crippen molar-refractivity contribution in [2.75, 3.05) is 26.1 Å². The Labute approximate surface area is 150 Å². The topological polar surface area (TPSA) is 73.9 Å². The summed E-state index contributed by atoms with van der Waals surface area (Å²) in [6.45, 7) is -0.403. The Morgan fingerprint density at radius 2 is 1.76 bits per heavy atom. The molecule has 132 valence electrons. The van der Waals surface area contributed by atoms with Gasteiger partial charge in [0.15, 0.2) is 6.61 Å². The molecule has 0 heterocycles. The van der Waals surface area contributed by atoms with Gasteiger partial charge >= 0.3 is 5.97 Å². The highest BCUT2D eigenvalue weighted by Gasteiger charge is 2.13. The highest BCUT2D eigenvalue weighted by molar-refractivity contribution is 6.30.